The molecule has 0 spiro atoms. The highest BCUT2D eigenvalue weighted by Gasteiger charge is 2.24. The lowest BCUT2D eigenvalue weighted by Gasteiger charge is -2.36. The van der Waals surface area contributed by atoms with Gasteiger partial charge in [0.2, 0.25) is 0 Å². The van der Waals surface area contributed by atoms with E-state index >= 15 is 0 Å². The summed E-state index contributed by atoms with van der Waals surface area (Å²) in [6.07, 6.45) is 0. The number of nitrogens with zero attached hydrogens (tertiary/aromatic N) is 3. The number of carbonyl (C=O) groups excluding carboxylic acids is 1. The molecule has 0 atom stereocenters. The number of nitro groups is 1. The molecule has 0 saturated carbocycles. The summed E-state index contributed by atoms with van der Waals surface area (Å²) < 4.78 is 0. The zero-order valence-corrected chi connectivity index (χ0v) is 13.1. The first-order valence-corrected chi connectivity index (χ1v) is 7.69. The Hall–Kier alpha value is -3.09. The Morgan fingerprint density at radius 3 is 2.33 bits per heavy atom. The van der Waals surface area contributed by atoms with E-state index in [1.807, 2.05) is 30.3 Å². The van der Waals surface area contributed by atoms with Gasteiger partial charge in [0.25, 0.3) is 11.6 Å². The van der Waals surface area contributed by atoms with E-state index in [2.05, 4.69) is 4.90 Å². The maximum atomic E-state index is 12.6. The maximum Gasteiger partial charge on any atom is 0.292 e. The molecule has 24 heavy (non-hydrogen) atoms. The van der Waals surface area contributed by atoms with E-state index < -0.39 is 4.92 Å². The third kappa shape index (κ3) is 3.15. The van der Waals surface area contributed by atoms with Crippen molar-refractivity contribution in [2.24, 2.45) is 0 Å². The van der Waals surface area contributed by atoms with Crippen LogP contribution >= 0.6 is 0 Å². The summed E-state index contributed by atoms with van der Waals surface area (Å²) in [6.45, 7) is 2.61. The lowest BCUT2D eigenvalue weighted by Crippen LogP contribution is -2.48. The van der Waals surface area contributed by atoms with Gasteiger partial charge in [0.1, 0.15) is 5.69 Å². The molecule has 1 amide bonds. The molecule has 7 heteroatoms. The monoisotopic (exact) mass is 326 g/mol. The largest absolute Gasteiger partial charge is 0.393 e. The Bertz CT molecular complexity index is 756. The molecule has 1 heterocycles. The molecule has 1 aliphatic rings. The summed E-state index contributed by atoms with van der Waals surface area (Å²) >= 11 is 0. The van der Waals surface area contributed by atoms with Crippen molar-refractivity contribution in [1.29, 1.82) is 0 Å². The highest BCUT2D eigenvalue weighted by atomic mass is 16.6. The van der Waals surface area contributed by atoms with Gasteiger partial charge in [-0.05, 0) is 24.3 Å². The molecular weight excluding hydrogens is 308 g/mol. The molecule has 124 valence electrons. The van der Waals surface area contributed by atoms with Gasteiger partial charge in [0.05, 0.1) is 4.92 Å². The number of nitrogens with two attached hydrogens (primary N) is 1. The van der Waals surface area contributed by atoms with Gasteiger partial charge in [-0.15, -0.1) is 0 Å². The third-order valence-electron chi connectivity index (χ3n) is 4.16. The van der Waals surface area contributed by atoms with Crippen LogP contribution in [0.25, 0.3) is 0 Å². The van der Waals surface area contributed by atoms with E-state index in [0.29, 0.717) is 18.7 Å². The highest BCUT2D eigenvalue weighted by Crippen LogP contribution is 2.24. The fourth-order valence-electron chi connectivity index (χ4n) is 2.82. The number of hydrogen-bond acceptors (Lipinski definition) is 5. The summed E-state index contributed by atoms with van der Waals surface area (Å²) in [6, 6.07) is 14.2. The number of benzene rings is 2. The molecular formula is C17H18N4O3. The number of anilines is 2. The second kappa shape index (κ2) is 6.57. The van der Waals surface area contributed by atoms with Crippen LogP contribution in [0, 0.1) is 10.1 Å². The van der Waals surface area contributed by atoms with Crippen molar-refractivity contribution in [3.8, 4) is 0 Å². The Morgan fingerprint density at radius 1 is 1.04 bits per heavy atom. The summed E-state index contributed by atoms with van der Waals surface area (Å²) in [4.78, 5) is 26.9. The van der Waals surface area contributed by atoms with Crippen molar-refractivity contribution in [2.75, 3.05) is 36.8 Å². The topological polar surface area (TPSA) is 92.7 Å². The Kier molecular flexibility index (Phi) is 4.33. The number of piperazine rings is 1. The second-order valence-corrected chi connectivity index (χ2v) is 5.65. The van der Waals surface area contributed by atoms with E-state index in [1.165, 1.54) is 18.2 Å². The molecule has 0 aliphatic carbocycles. The van der Waals surface area contributed by atoms with Crippen LogP contribution in [-0.4, -0.2) is 41.9 Å². The van der Waals surface area contributed by atoms with Gasteiger partial charge < -0.3 is 15.5 Å². The molecule has 1 saturated heterocycles. The normalized spacial score (nSPS) is 14.5. The molecule has 1 fully saturated rings. The first kappa shape index (κ1) is 15.8. The van der Waals surface area contributed by atoms with E-state index in [1.54, 1.807) is 4.90 Å². The molecule has 2 aromatic carbocycles. The van der Waals surface area contributed by atoms with Gasteiger partial charge in [-0.1, -0.05) is 18.2 Å². The highest BCUT2D eigenvalue weighted by molar-refractivity contribution is 5.95. The van der Waals surface area contributed by atoms with Crippen molar-refractivity contribution in [1.82, 2.24) is 4.90 Å². The zero-order chi connectivity index (χ0) is 17.1. The summed E-state index contributed by atoms with van der Waals surface area (Å²) in [7, 11) is 0. The van der Waals surface area contributed by atoms with Crippen LogP contribution in [0.5, 0.6) is 0 Å². The number of amides is 1. The molecule has 0 unspecified atom stereocenters. The third-order valence-corrected chi connectivity index (χ3v) is 4.16. The molecule has 0 radical (unpaired) electrons. The van der Waals surface area contributed by atoms with Crippen LogP contribution in [0.15, 0.2) is 48.5 Å². The molecule has 0 aromatic heterocycles. The van der Waals surface area contributed by atoms with Crippen molar-refractivity contribution in [3.05, 3.63) is 64.2 Å². The van der Waals surface area contributed by atoms with E-state index in [-0.39, 0.29) is 17.3 Å². The maximum absolute atomic E-state index is 12.6. The number of carbonyl (C=O) groups is 1. The molecule has 3 rings (SSSR count). The molecule has 7 nitrogen and oxygen atoms in total. The average molecular weight is 326 g/mol. The van der Waals surface area contributed by atoms with Crippen LogP contribution in [-0.2, 0) is 0 Å². The fraction of sp³-hybridized carbons (Fsp3) is 0.235. The minimum absolute atomic E-state index is 0.0606. The van der Waals surface area contributed by atoms with E-state index in [9.17, 15) is 14.9 Å². The number of nitro benzene ring substituents is 1. The van der Waals surface area contributed by atoms with Crippen LogP contribution < -0.4 is 10.6 Å². The van der Waals surface area contributed by atoms with Crippen molar-refractivity contribution in [3.63, 3.8) is 0 Å². The first-order valence-electron chi connectivity index (χ1n) is 7.69. The minimum Gasteiger partial charge on any atom is -0.393 e. The number of rotatable bonds is 3. The van der Waals surface area contributed by atoms with E-state index in [4.69, 9.17) is 5.73 Å². The fourth-order valence-corrected chi connectivity index (χ4v) is 2.82. The number of hydrogen-bond donors (Lipinski definition) is 1. The number of nitrogen functional groups attached to an aromatic ring is 1. The lowest BCUT2D eigenvalue weighted by atomic mass is 10.1. The smallest absolute Gasteiger partial charge is 0.292 e. The Labute approximate surface area is 139 Å². The van der Waals surface area contributed by atoms with Crippen molar-refractivity contribution in [2.45, 2.75) is 0 Å². The van der Waals surface area contributed by atoms with E-state index in [0.717, 1.165) is 18.8 Å². The molecule has 0 bridgehead atoms. The van der Waals surface area contributed by atoms with Gasteiger partial charge in [-0.3, -0.25) is 14.9 Å². The number of para-hydroxylation sites is 1. The van der Waals surface area contributed by atoms with Crippen molar-refractivity contribution >= 4 is 23.0 Å². The van der Waals surface area contributed by atoms with Gasteiger partial charge in [-0.2, -0.15) is 0 Å². The standard InChI is InChI=1S/C17H18N4O3/c18-15-7-6-13(12-16(15)21(23)24)17(22)20-10-8-19(9-11-20)14-4-2-1-3-5-14/h1-7,12H,8-11,18H2. The Balaban J connectivity index is 1.69. The first-order chi connectivity index (χ1) is 11.6. The summed E-state index contributed by atoms with van der Waals surface area (Å²) in [5.74, 6) is -0.203. The summed E-state index contributed by atoms with van der Waals surface area (Å²) in [5.41, 5.74) is 6.83. The zero-order valence-electron chi connectivity index (χ0n) is 13.1. The molecule has 2 aromatic rings. The predicted molar refractivity (Wildman–Crippen MR) is 92.1 cm³/mol. The van der Waals surface area contributed by atoms with Gasteiger partial charge in [0, 0.05) is 43.5 Å². The van der Waals surface area contributed by atoms with Crippen molar-refractivity contribution < 1.29 is 9.72 Å². The minimum atomic E-state index is -0.570. The van der Waals surface area contributed by atoms with Crippen LogP contribution in [0.1, 0.15) is 10.4 Å². The molecule has 1 aliphatic heterocycles. The summed E-state index contributed by atoms with van der Waals surface area (Å²) in [5, 5.41) is 11.0. The SMILES string of the molecule is Nc1ccc(C(=O)N2CCN(c3ccccc3)CC2)cc1[N+](=O)[O-]. The van der Waals surface area contributed by atoms with Gasteiger partial charge in [0.15, 0.2) is 0 Å². The second-order valence-electron chi connectivity index (χ2n) is 5.65. The van der Waals surface area contributed by atoms with Gasteiger partial charge in [-0.25, -0.2) is 0 Å². The van der Waals surface area contributed by atoms with Crippen LogP contribution in [0.3, 0.4) is 0 Å². The average Bonchev–Trinajstić information content (AvgIpc) is 2.62. The lowest BCUT2D eigenvalue weighted by molar-refractivity contribution is -0.383. The van der Waals surface area contributed by atoms with Crippen LogP contribution in [0.2, 0.25) is 0 Å². The van der Waals surface area contributed by atoms with Crippen LogP contribution in [0.4, 0.5) is 17.1 Å². The quantitative estimate of drug-likeness (QED) is 0.530. The Morgan fingerprint density at radius 2 is 1.71 bits per heavy atom. The molecule has 2 N–H and O–H groups in total. The predicted octanol–water partition coefficient (Wildman–Crippen LogP) is 2.14. The van der Waals surface area contributed by atoms with Gasteiger partial charge >= 0.3 is 0 Å².